The van der Waals surface area contributed by atoms with Crippen molar-refractivity contribution in [3.63, 3.8) is 0 Å². The predicted molar refractivity (Wildman–Crippen MR) is 79.0 cm³/mol. The molecule has 0 amide bonds. The van der Waals surface area contributed by atoms with Gasteiger partial charge in [-0.05, 0) is 23.6 Å². The van der Waals surface area contributed by atoms with Crippen molar-refractivity contribution in [3.8, 4) is 11.3 Å². The SMILES string of the molecule is Fc1ccccc1-c1[nH]nc2c1ccc1ccccc12. The first-order valence-corrected chi connectivity index (χ1v) is 6.45. The van der Waals surface area contributed by atoms with E-state index in [2.05, 4.69) is 10.2 Å². The fourth-order valence-electron chi connectivity index (χ4n) is 2.62. The first-order valence-electron chi connectivity index (χ1n) is 6.45. The molecule has 4 aromatic rings. The van der Waals surface area contributed by atoms with Crippen molar-refractivity contribution in [3.05, 3.63) is 66.5 Å². The molecule has 0 radical (unpaired) electrons. The van der Waals surface area contributed by atoms with Crippen LogP contribution in [-0.4, -0.2) is 10.2 Å². The van der Waals surface area contributed by atoms with E-state index < -0.39 is 0 Å². The summed E-state index contributed by atoms with van der Waals surface area (Å²) in [6.07, 6.45) is 0. The fraction of sp³-hybridized carbons (Fsp3) is 0. The average molecular weight is 262 g/mol. The van der Waals surface area contributed by atoms with Crippen molar-refractivity contribution < 1.29 is 4.39 Å². The van der Waals surface area contributed by atoms with Gasteiger partial charge in [0, 0.05) is 16.3 Å². The molecule has 0 fully saturated rings. The van der Waals surface area contributed by atoms with Gasteiger partial charge in [0.1, 0.15) is 11.3 Å². The van der Waals surface area contributed by atoms with E-state index in [1.54, 1.807) is 12.1 Å². The molecule has 0 spiro atoms. The molecule has 0 bridgehead atoms. The molecule has 3 aromatic carbocycles. The fourth-order valence-corrected chi connectivity index (χ4v) is 2.62. The molecule has 0 aliphatic heterocycles. The molecule has 0 aliphatic rings. The molecule has 0 atom stereocenters. The molecule has 1 aromatic heterocycles. The van der Waals surface area contributed by atoms with Gasteiger partial charge in [0.05, 0.1) is 5.69 Å². The predicted octanol–water partition coefficient (Wildman–Crippen LogP) is 4.52. The van der Waals surface area contributed by atoms with Gasteiger partial charge in [0.25, 0.3) is 0 Å². The van der Waals surface area contributed by atoms with E-state index in [9.17, 15) is 4.39 Å². The lowest BCUT2D eigenvalue weighted by Gasteiger charge is -2.01. The standard InChI is InChI=1S/C17H11FN2/c18-15-8-4-3-7-13(15)17-14-10-9-11-5-1-2-6-12(11)16(14)19-20-17/h1-10H,(H,19,20). The van der Waals surface area contributed by atoms with Crippen LogP contribution >= 0.6 is 0 Å². The van der Waals surface area contributed by atoms with Crippen molar-refractivity contribution >= 4 is 21.7 Å². The number of halogens is 1. The van der Waals surface area contributed by atoms with Crippen LogP contribution in [0.15, 0.2) is 60.7 Å². The summed E-state index contributed by atoms with van der Waals surface area (Å²) < 4.78 is 13.9. The van der Waals surface area contributed by atoms with Gasteiger partial charge in [-0.3, -0.25) is 5.10 Å². The minimum atomic E-state index is -0.244. The minimum Gasteiger partial charge on any atom is -0.276 e. The highest BCUT2D eigenvalue weighted by molar-refractivity contribution is 6.09. The van der Waals surface area contributed by atoms with Crippen molar-refractivity contribution in [2.75, 3.05) is 0 Å². The number of benzene rings is 3. The number of hydrogen-bond acceptors (Lipinski definition) is 1. The van der Waals surface area contributed by atoms with Crippen LogP contribution in [-0.2, 0) is 0 Å². The lowest BCUT2D eigenvalue weighted by Crippen LogP contribution is -1.84. The number of nitrogens with one attached hydrogen (secondary N) is 1. The van der Waals surface area contributed by atoms with Gasteiger partial charge in [-0.2, -0.15) is 5.10 Å². The number of hydrogen-bond donors (Lipinski definition) is 1. The molecule has 1 heterocycles. The average Bonchev–Trinajstić information content (AvgIpc) is 2.92. The summed E-state index contributed by atoms with van der Waals surface area (Å²) in [4.78, 5) is 0. The monoisotopic (exact) mass is 262 g/mol. The molecule has 2 nitrogen and oxygen atoms in total. The van der Waals surface area contributed by atoms with Crippen LogP contribution in [0.4, 0.5) is 4.39 Å². The van der Waals surface area contributed by atoms with E-state index in [0.717, 1.165) is 27.4 Å². The highest BCUT2D eigenvalue weighted by Crippen LogP contribution is 2.32. The second-order valence-electron chi connectivity index (χ2n) is 4.76. The van der Waals surface area contributed by atoms with Gasteiger partial charge in [0.2, 0.25) is 0 Å². The van der Waals surface area contributed by atoms with Gasteiger partial charge in [-0.1, -0.05) is 42.5 Å². The van der Waals surface area contributed by atoms with Gasteiger partial charge in [-0.25, -0.2) is 4.39 Å². The normalized spacial score (nSPS) is 11.2. The van der Waals surface area contributed by atoms with E-state index in [-0.39, 0.29) is 5.82 Å². The Labute approximate surface area is 114 Å². The molecule has 0 aliphatic carbocycles. The Balaban J connectivity index is 2.08. The number of H-pyrrole nitrogens is 1. The second-order valence-corrected chi connectivity index (χ2v) is 4.76. The van der Waals surface area contributed by atoms with E-state index in [1.165, 1.54) is 6.07 Å². The smallest absolute Gasteiger partial charge is 0.132 e. The zero-order chi connectivity index (χ0) is 13.5. The zero-order valence-corrected chi connectivity index (χ0v) is 10.6. The number of nitrogens with zero attached hydrogens (tertiary/aromatic N) is 1. The summed E-state index contributed by atoms with van der Waals surface area (Å²) >= 11 is 0. The van der Waals surface area contributed by atoms with E-state index >= 15 is 0 Å². The third-order valence-electron chi connectivity index (χ3n) is 3.59. The van der Waals surface area contributed by atoms with Crippen LogP contribution in [0.5, 0.6) is 0 Å². The lowest BCUT2D eigenvalue weighted by atomic mass is 10.0. The molecule has 0 saturated heterocycles. The Bertz CT molecular complexity index is 924. The summed E-state index contributed by atoms with van der Waals surface area (Å²) in [6, 6.07) is 18.8. The Morgan fingerprint density at radius 2 is 1.60 bits per heavy atom. The summed E-state index contributed by atoms with van der Waals surface area (Å²) in [5.41, 5.74) is 2.15. The molecule has 3 heteroatoms. The van der Waals surface area contributed by atoms with Gasteiger partial charge >= 0.3 is 0 Å². The highest BCUT2D eigenvalue weighted by atomic mass is 19.1. The molecule has 96 valence electrons. The maximum Gasteiger partial charge on any atom is 0.132 e. The molecule has 0 unspecified atom stereocenters. The summed E-state index contributed by atoms with van der Waals surface area (Å²) in [7, 11) is 0. The van der Waals surface area contributed by atoms with E-state index in [4.69, 9.17) is 0 Å². The minimum absolute atomic E-state index is 0.244. The third kappa shape index (κ3) is 1.53. The van der Waals surface area contributed by atoms with Gasteiger partial charge in [0.15, 0.2) is 0 Å². The zero-order valence-electron chi connectivity index (χ0n) is 10.6. The van der Waals surface area contributed by atoms with Crippen LogP contribution in [0, 0.1) is 5.82 Å². The highest BCUT2D eigenvalue weighted by Gasteiger charge is 2.12. The van der Waals surface area contributed by atoms with E-state index in [1.807, 2.05) is 42.5 Å². The number of rotatable bonds is 1. The lowest BCUT2D eigenvalue weighted by molar-refractivity contribution is 0.631. The van der Waals surface area contributed by atoms with Crippen molar-refractivity contribution in [2.45, 2.75) is 0 Å². The third-order valence-corrected chi connectivity index (χ3v) is 3.59. The maximum atomic E-state index is 13.9. The molecular weight excluding hydrogens is 251 g/mol. The van der Waals surface area contributed by atoms with Crippen LogP contribution in [0.3, 0.4) is 0 Å². The van der Waals surface area contributed by atoms with Crippen LogP contribution in [0.2, 0.25) is 0 Å². The Hall–Kier alpha value is -2.68. The molecule has 20 heavy (non-hydrogen) atoms. The molecule has 4 rings (SSSR count). The van der Waals surface area contributed by atoms with Crippen LogP contribution < -0.4 is 0 Å². The Kier molecular flexibility index (Phi) is 2.33. The molecule has 1 N–H and O–H groups in total. The number of aromatic nitrogens is 2. The molecular formula is C17H11FN2. The largest absolute Gasteiger partial charge is 0.276 e. The quantitative estimate of drug-likeness (QED) is 0.536. The number of fused-ring (bicyclic) bond motifs is 3. The van der Waals surface area contributed by atoms with Crippen LogP contribution in [0.1, 0.15) is 0 Å². The topological polar surface area (TPSA) is 28.7 Å². The maximum absolute atomic E-state index is 13.9. The first kappa shape index (κ1) is 11.2. The van der Waals surface area contributed by atoms with E-state index in [0.29, 0.717) is 5.56 Å². The van der Waals surface area contributed by atoms with Crippen molar-refractivity contribution in [1.82, 2.24) is 10.2 Å². The number of aromatic amines is 1. The van der Waals surface area contributed by atoms with Gasteiger partial charge < -0.3 is 0 Å². The van der Waals surface area contributed by atoms with Crippen LogP contribution in [0.25, 0.3) is 32.9 Å². The van der Waals surface area contributed by atoms with Gasteiger partial charge in [-0.15, -0.1) is 0 Å². The Morgan fingerprint density at radius 1 is 0.800 bits per heavy atom. The molecule has 0 saturated carbocycles. The second kappa shape index (κ2) is 4.17. The Morgan fingerprint density at radius 3 is 2.50 bits per heavy atom. The van der Waals surface area contributed by atoms with Crippen molar-refractivity contribution in [1.29, 1.82) is 0 Å². The summed E-state index contributed by atoms with van der Waals surface area (Å²) in [6.45, 7) is 0. The van der Waals surface area contributed by atoms with Crippen molar-refractivity contribution in [2.24, 2.45) is 0 Å². The summed E-state index contributed by atoms with van der Waals surface area (Å²) in [5.74, 6) is -0.244. The summed E-state index contributed by atoms with van der Waals surface area (Å²) in [5, 5.41) is 10.5. The first-order chi connectivity index (χ1) is 9.84.